The third-order valence-corrected chi connectivity index (χ3v) is 7.55. The van der Waals surface area contributed by atoms with E-state index in [1.54, 1.807) is 9.80 Å². The Balaban J connectivity index is 1.30. The van der Waals surface area contributed by atoms with Gasteiger partial charge in [-0.15, -0.1) is 0 Å². The van der Waals surface area contributed by atoms with E-state index in [0.717, 1.165) is 12.5 Å². The zero-order valence-corrected chi connectivity index (χ0v) is 19.4. The molecule has 0 radical (unpaired) electrons. The Hall–Kier alpha value is -3.06. The Morgan fingerprint density at radius 2 is 2.03 bits per heavy atom. The molecule has 9 nitrogen and oxygen atoms in total. The number of hydrogen-bond acceptors (Lipinski definition) is 8. The molecule has 2 aromatic heterocycles. The number of likely N-dealkylation sites (tertiary alicyclic amines) is 1. The lowest BCUT2D eigenvalue weighted by Gasteiger charge is -2.35. The van der Waals surface area contributed by atoms with Gasteiger partial charge in [-0.3, -0.25) is 14.7 Å². The van der Waals surface area contributed by atoms with Gasteiger partial charge in [-0.25, -0.2) is 9.97 Å². The van der Waals surface area contributed by atoms with Crippen LogP contribution in [0.1, 0.15) is 30.5 Å². The van der Waals surface area contributed by atoms with Crippen molar-refractivity contribution in [2.45, 2.75) is 37.1 Å². The lowest BCUT2D eigenvalue weighted by molar-refractivity contribution is -0.141. The molecule has 2 aliphatic heterocycles. The fourth-order valence-electron chi connectivity index (χ4n) is 5.64. The molecule has 4 heterocycles. The maximum absolute atomic E-state index is 15.6. The number of nitrogens with zero attached hydrogens (tertiary/aromatic N) is 5. The number of amides is 1. The first-order chi connectivity index (χ1) is 17.1. The summed E-state index contributed by atoms with van der Waals surface area (Å²) < 4.78 is 54.4. The van der Waals surface area contributed by atoms with Crippen LogP contribution in [-0.2, 0) is 16.5 Å². The number of primary amides is 1. The van der Waals surface area contributed by atoms with E-state index in [2.05, 4.69) is 20.3 Å². The van der Waals surface area contributed by atoms with Crippen molar-refractivity contribution in [1.29, 1.82) is 0 Å². The number of piperidine rings is 2. The summed E-state index contributed by atoms with van der Waals surface area (Å²) in [6.07, 6.45) is -0.715. The first kappa shape index (κ1) is 24.6. The molecule has 194 valence electrons. The van der Waals surface area contributed by atoms with E-state index in [-0.39, 0.29) is 36.6 Å². The third-order valence-electron chi connectivity index (χ3n) is 7.55. The fourth-order valence-corrected chi connectivity index (χ4v) is 5.64. The summed E-state index contributed by atoms with van der Waals surface area (Å²) in [6.45, 7) is 1.74. The average Bonchev–Trinajstić information content (AvgIpc) is 3.44. The maximum Gasteiger partial charge on any atom is 0.433 e. The Labute approximate surface area is 204 Å². The number of carbonyl (C=O) groups is 1. The van der Waals surface area contributed by atoms with E-state index in [9.17, 15) is 23.1 Å². The molecule has 4 atom stereocenters. The van der Waals surface area contributed by atoms with Crippen LogP contribution in [0.25, 0.3) is 0 Å². The number of nitrogens with one attached hydrogen (secondary N) is 1. The van der Waals surface area contributed by atoms with Crippen LogP contribution < -0.4 is 16.0 Å². The molecular weight excluding hydrogens is 482 g/mol. The maximum atomic E-state index is 15.6. The van der Waals surface area contributed by atoms with Crippen LogP contribution in [0.3, 0.4) is 0 Å². The summed E-state index contributed by atoms with van der Waals surface area (Å²) in [5.41, 5.74) is 4.23. The monoisotopic (exact) mass is 509 g/mol. The molecule has 36 heavy (non-hydrogen) atoms. The van der Waals surface area contributed by atoms with Crippen LogP contribution in [-0.4, -0.2) is 69.7 Å². The summed E-state index contributed by atoms with van der Waals surface area (Å²) >= 11 is 0. The molecule has 3 aliphatic rings. The summed E-state index contributed by atoms with van der Waals surface area (Å²) in [6, 6.07) is 2.37. The van der Waals surface area contributed by atoms with E-state index in [0.29, 0.717) is 38.0 Å². The number of nitrogens with two attached hydrogens (primary N) is 1. The fraction of sp³-hybridized carbons (Fsp3) is 0.565. The van der Waals surface area contributed by atoms with Gasteiger partial charge in [0.2, 0.25) is 11.7 Å². The van der Waals surface area contributed by atoms with Crippen molar-refractivity contribution in [1.82, 2.24) is 19.9 Å². The van der Waals surface area contributed by atoms with Crippen molar-refractivity contribution in [3.05, 3.63) is 41.7 Å². The highest BCUT2D eigenvalue weighted by Crippen LogP contribution is 2.63. The van der Waals surface area contributed by atoms with Crippen LogP contribution in [0, 0.1) is 17.7 Å². The number of β-amino-alcohol motifs (C(OH)–C–C–N with tert-alkyl or cyclic N) is 1. The number of aliphatic hydroxyl groups excluding tert-OH is 1. The minimum atomic E-state index is -4.53. The zero-order valence-electron chi connectivity index (χ0n) is 19.4. The van der Waals surface area contributed by atoms with E-state index >= 15 is 4.39 Å². The first-order valence-corrected chi connectivity index (χ1v) is 11.8. The average molecular weight is 510 g/mol. The van der Waals surface area contributed by atoms with Crippen LogP contribution in [0.2, 0.25) is 0 Å². The highest BCUT2D eigenvalue weighted by atomic mass is 19.4. The van der Waals surface area contributed by atoms with E-state index in [4.69, 9.17) is 5.73 Å². The van der Waals surface area contributed by atoms with Gasteiger partial charge in [-0.1, -0.05) is 6.07 Å². The van der Waals surface area contributed by atoms with Gasteiger partial charge in [0.25, 0.3) is 0 Å². The van der Waals surface area contributed by atoms with Crippen LogP contribution in [0.4, 0.5) is 29.2 Å². The lowest BCUT2D eigenvalue weighted by atomic mass is 9.93. The van der Waals surface area contributed by atoms with Crippen LogP contribution in [0.15, 0.2) is 24.7 Å². The molecule has 1 saturated carbocycles. The number of pyridine rings is 1. The molecule has 2 aromatic rings. The van der Waals surface area contributed by atoms with Gasteiger partial charge in [-0.2, -0.15) is 17.6 Å². The van der Waals surface area contributed by atoms with Crippen molar-refractivity contribution in [2.24, 2.45) is 17.6 Å². The number of carbonyl (C=O) groups excluding carboxylic acids is 1. The lowest BCUT2D eigenvalue weighted by Crippen LogP contribution is -2.48. The number of hydrogen-bond donors (Lipinski definition) is 3. The Morgan fingerprint density at radius 1 is 1.22 bits per heavy atom. The third kappa shape index (κ3) is 4.45. The minimum Gasteiger partial charge on any atom is -0.391 e. The van der Waals surface area contributed by atoms with Gasteiger partial charge in [0.1, 0.15) is 12.0 Å². The second kappa shape index (κ2) is 9.11. The molecule has 1 amide bonds. The van der Waals surface area contributed by atoms with Crippen molar-refractivity contribution < 1.29 is 27.5 Å². The Bertz CT molecular complexity index is 1130. The van der Waals surface area contributed by atoms with Crippen LogP contribution in [0.5, 0.6) is 0 Å². The van der Waals surface area contributed by atoms with Gasteiger partial charge in [0.15, 0.2) is 11.6 Å². The standard InChI is InChI=1S/C23H27F4N7O2/c24-19-20(30-8-13-3-5-33(10-16(13)35)11-18(28)36)31-12-32-21(19)34-6-4-14-7-22(14,34)15-1-2-17(29-9-15)23(25,26)27/h1-2,9,12-14,16,35H,3-8,10-11H2,(H2,28,36)(H,30,31,32). The molecule has 1 aliphatic carbocycles. The second-order valence-electron chi connectivity index (χ2n) is 9.75. The number of alkyl halides is 3. The summed E-state index contributed by atoms with van der Waals surface area (Å²) in [4.78, 5) is 26.5. The molecular formula is C23H27F4N7O2. The largest absolute Gasteiger partial charge is 0.433 e. The highest BCUT2D eigenvalue weighted by Gasteiger charge is 2.64. The second-order valence-corrected chi connectivity index (χ2v) is 9.75. The number of rotatable bonds is 7. The predicted molar refractivity (Wildman–Crippen MR) is 121 cm³/mol. The summed E-state index contributed by atoms with van der Waals surface area (Å²) in [5, 5.41) is 13.4. The number of aromatic nitrogens is 3. The van der Waals surface area contributed by atoms with Gasteiger partial charge in [-0.05, 0) is 43.4 Å². The van der Waals surface area contributed by atoms with Crippen LogP contribution >= 0.6 is 0 Å². The number of halogens is 4. The van der Waals surface area contributed by atoms with Crippen molar-refractivity contribution in [2.75, 3.05) is 42.9 Å². The van der Waals surface area contributed by atoms with E-state index in [1.165, 1.54) is 18.6 Å². The SMILES string of the molecule is NC(=O)CN1CCC(CNc2ncnc(N3CCC4CC43c3ccc(C(F)(F)F)nc3)c2F)C(O)C1. The highest BCUT2D eigenvalue weighted by molar-refractivity contribution is 5.75. The summed E-state index contributed by atoms with van der Waals surface area (Å²) in [7, 11) is 0. The molecule has 3 fully saturated rings. The van der Waals surface area contributed by atoms with Gasteiger partial charge >= 0.3 is 6.18 Å². The molecule has 4 N–H and O–H groups in total. The van der Waals surface area contributed by atoms with Gasteiger partial charge in [0, 0.05) is 31.7 Å². The molecule has 0 spiro atoms. The number of fused-ring (bicyclic) bond motifs is 1. The quantitative estimate of drug-likeness (QED) is 0.483. The molecule has 4 unspecified atom stereocenters. The minimum absolute atomic E-state index is 0.00319. The Kier molecular flexibility index (Phi) is 6.23. The van der Waals surface area contributed by atoms with E-state index in [1.807, 2.05) is 0 Å². The molecule has 2 saturated heterocycles. The first-order valence-electron chi connectivity index (χ1n) is 11.8. The normalized spacial score (nSPS) is 28.1. The topological polar surface area (TPSA) is 120 Å². The molecule has 0 aromatic carbocycles. The molecule has 0 bridgehead atoms. The van der Waals surface area contributed by atoms with Crippen molar-refractivity contribution in [3.8, 4) is 0 Å². The molecule has 5 rings (SSSR count). The van der Waals surface area contributed by atoms with Gasteiger partial charge in [0.05, 0.1) is 18.2 Å². The van der Waals surface area contributed by atoms with Gasteiger partial charge < -0.3 is 21.1 Å². The van der Waals surface area contributed by atoms with E-state index < -0.39 is 35.2 Å². The number of anilines is 2. The smallest absolute Gasteiger partial charge is 0.391 e. The van der Waals surface area contributed by atoms with Crippen molar-refractivity contribution >= 4 is 17.5 Å². The molecule has 13 heteroatoms. The zero-order chi connectivity index (χ0) is 25.7. The van der Waals surface area contributed by atoms with Crippen molar-refractivity contribution in [3.63, 3.8) is 0 Å². The predicted octanol–water partition coefficient (Wildman–Crippen LogP) is 1.73. The number of aliphatic hydroxyl groups is 1. The Morgan fingerprint density at radius 3 is 2.67 bits per heavy atom. The summed E-state index contributed by atoms with van der Waals surface area (Å²) in [5.74, 6) is -1.01.